The van der Waals surface area contributed by atoms with Crippen LogP contribution in [0.4, 0.5) is 11.4 Å². The van der Waals surface area contributed by atoms with E-state index in [4.69, 9.17) is 0 Å². The summed E-state index contributed by atoms with van der Waals surface area (Å²) in [7, 11) is -21.3. The molecule has 18 heteroatoms. The summed E-state index contributed by atoms with van der Waals surface area (Å²) in [6.45, 7) is 0. The molecule has 0 heterocycles. The van der Waals surface area contributed by atoms with Crippen molar-refractivity contribution in [2.24, 2.45) is 0 Å². The van der Waals surface area contributed by atoms with Gasteiger partial charge in [-0.1, -0.05) is 24.3 Å². The molecular weight excluding hydrogens is 488 g/mol. The number of hydrogen-bond acceptors (Lipinski definition) is 6. The van der Waals surface area contributed by atoms with E-state index in [0.29, 0.717) is 0 Å². The van der Waals surface area contributed by atoms with Gasteiger partial charge in [-0.2, -0.15) is 0 Å². The summed E-state index contributed by atoms with van der Waals surface area (Å²) in [5.41, 5.74) is -5.44. The number of nitrogens with one attached hydrogen (secondary N) is 2. The Bertz CT molecular complexity index is 998. The van der Waals surface area contributed by atoms with E-state index in [1.54, 1.807) is 0 Å². The number of anilines is 2. The molecule has 0 radical (unpaired) electrons. The lowest BCUT2D eigenvalue weighted by molar-refractivity contribution is 0.339. The van der Waals surface area contributed by atoms with Crippen molar-refractivity contribution in [2.75, 3.05) is 10.6 Å². The Hall–Kier alpha value is -1.10. The number of benzene rings is 2. The van der Waals surface area contributed by atoms with E-state index in [2.05, 4.69) is 10.6 Å². The fourth-order valence-electron chi connectivity index (χ4n) is 2.57. The Balaban J connectivity index is 2.59. The molecule has 0 fully saturated rings. The van der Waals surface area contributed by atoms with Crippen LogP contribution >= 0.6 is 30.4 Å². The van der Waals surface area contributed by atoms with Gasteiger partial charge in [0.2, 0.25) is 11.0 Å². The van der Waals surface area contributed by atoms with E-state index in [9.17, 15) is 57.4 Å². The fourth-order valence-corrected chi connectivity index (χ4v) is 6.93. The highest BCUT2D eigenvalue weighted by molar-refractivity contribution is 7.71. The summed E-state index contributed by atoms with van der Waals surface area (Å²) in [5, 5.41) is 4.34. The SMILES string of the molecule is O=P(O)(O)C(Nc1cccc2c(NC(P(=O)(O)O)P(=O)(O)O)cccc12)P(=O)(O)O. The van der Waals surface area contributed by atoms with E-state index in [-0.39, 0.29) is 22.1 Å². The molecule has 10 N–H and O–H groups in total. The normalized spacial score (nSPS) is 13.8. The number of fused-ring (bicyclic) bond motifs is 1. The van der Waals surface area contributed by atoms with Crippen molar-refractivity contribution < 1.29 is 57.4 Å². The van der Waals surface area contributed by atoms with Crippen molar-refractivity contribution in [2.45, 2.75) is 11.0 Å². The van der Waals surface area contributed by atoms with Crippen molar-refractivity contribution in [3.8, 4) is 0 Å². The third-order valence-corrected chi connectivity index (χ3v) is 10.4. The van der Waals surface area contributed by atoms with Gasteiger partial charge in [-0.15, -0.1) is 0 Å². The largest absolute Gasteiger partial charge is 0.361 e. The minimum absolute atomic E-state index is 0.0876. The molecule has 0 aliphatic rings. The Morgan fingerprint density at radius 2 is 0.800 bits per heavy atom. The topological polar surface area (TPSA) is 254 Å². The van der Waals surface area contributed by atoms with Gasteiger partial charge in [0.1, 0.15) is 0 Å². The Morgan fingerprint density at radius 3 is 1.03 bits per heavy atom. The molecule has 2 aromatic rings. The maximum absolute atomic E-state index is 11.5. The van der Waals surface area contributed by atoms with Gasteiger partial charge in [-0.3, -0.25) is 18.3 Å². The zero-order chi connectivity index (χ0) is 23.1. The third kappa shape index (κ3) is 5.99. The molecular formula is C12H18N2O12P4. The van der Waals surface area contributed by atoms with Crippen molar-refractivity contribution in [3.05, 3.63) is 36.4 Å². The lowest BCUT2D eigenvalue weighted by Crippen LogP contribution is -2.21. The van der Waals surface area contributed by atoms with Crippen LogP contribution in [0.2, 0.25) is 0 Å². The molecule has 0 unspecified atom stereocenters. The second-order valence-corrected chi connectivity index (χ2v) is 13.7. The highest BCUT2D eigenvalue weighted by atomic mass is 31.2. The first-order chi connectivity index (χ1) is 13.4. The molecule has 0 saturated heterocycles. The highest BCUT2D eigenvalue weighted by Gasteiger charge is 2.45. The van der Waals surface area contributed by atoms with Crippen LogP contribution in [0.3, 0.4) is 0 Å². The predicted molar refractivity (Wildman–Crippen MR) is 107 cm³/mol. The van der Waals surface area contributed by atoms with Crippen molar-refractivity contribution in [3.63, 3.8) is 0 Å². The van der Waals surface area contributed by atoms with Crippen LogP contribution in [0.5, 0.6) is 0 Å². The third-order valence-electron chi connectivity index (χ3n) is 3.77. The van der Waals surface area contributed by atoms with Gasteiger partial charge in [-0.25, -0.2) is 0 Å². The van der Waals surface area contributed by atoms with Crippen molar-refractivity contribution >= 4 is 52.5 Å². The van der Waals surface area contributed by atoms with Gasteiger partial charge in [-0.05, 0) is 12.1 Å². The summed E-state index contributed by atoms with van der Waals surface area (Å²) in [4.78, 5) is 74.2. The fraction of sp³-hybridized carbons (Fsp3) is 0.167. The molecule has 0 saturated carbocycles. The van der Waals surface area contributed by atoms with E-state index < -0.39 is 41.4 Å². The first-order valence-electron chi connectivity index (χ1n) is 7.68. The molecule has 168 valence electrons. The minimum atomic E-state index is -5.32. The molecule has 2 aromatic carbocycles. The number of hydrogen-bond donors (Lipinski definition) is 10. The number of rotatable bonds is 8. The maximum Gasteiger partial charge on any atom is 0.360 e. The monoisotopic (exact) mass is 506 g/mol. The van der Waals surface area contributed by atoms with Crippen LogP contribution < -0.4 is 10.6 Å². The van der Waals surface area contributed by atoms with Gasteiger partial charge in [0, 0.05) is 22.1 Å². The summed E-state index contributed by atoms with van der Waals surface area (Å²) in [6, 6.07) is 7.74. The molecule has 0 amide bonds. The zero-order valence-electron chi connectivity index (χ0n) is 14.6. The second-order valence-electron chi connectivity index (χ2n) is 6.10. The molecule has 0 atom stereocenters. The van der Waals surface area contributed by atoms with Gasteiger partial charge >= 0.3 is 30.4 Å². The molecule has 0 aliphatic carbocycles. The molecule has 0 bridgehead atoms. The average molecular weight is 506 g/mol. The maximum atomic E-state index is 11.5. The lowest BCUT2D eigenvalue weighted by Gasteiger charge is -2.24. The zero-order valence-corrected chi connectivity index (χ0v) is 18.2. The molecule has 0 spiro atoms. The van der Waals surface area contributed by atoms with Gasteiger partial charge in [0.15, 0.2) is 0 Å². The van der Waals surface area contributed by atoms with Crippen molar-refractivity contribution in [1.82, 2.24) is 0 Å². The summed E-state index contributed by atoms with van der Waals surface area (Å²) in [5.74, 6) is 0. The summed E-state index contributed by atoms with van der Waals surface area (Å²) >= 11 is 0. The lowest BCUT2D eigenvalue weighted by atomic mass is 10.1. The standard InChI is InChI=1S/C12H18N2O12P4/c15-27(16,17)11(28(18,19)20)13-9-5-1-3-7-8(9)4-2-6-10(7)14-12(29(21,22)23)30(24,25)26/h1-6,11-14H,(H2,15,16,17)(H2,18,19,20)(H2,21,22,23)(H2,24,25,26). The molecule has 0 aliphatic heterocycles. The second kappa shape index (κ2) is 8.44. The van der Waals surface area contributed by atoms with Crippen molar-refractivity contribution in [1.29, 1.82) is 0 Å². The minimum Gasteiger partial charge on any atom is -0.361 e. The first kappa shape index (κ1) is 25.2. The van der Waals surface area contributed by atoms with Crippen LogP contribution in [-0.4, -0.2) is 50.2 Å². The van der Waals surface area contributed by atoms with Crippen LogP contribution in [0.15, 0.2) is 36.4 Å². The summed E-state index contributed by atoms with van der Waals surface area (Å²) < 4.78 is 46.0. The van der Waals surface area contributed by atoms with E-state index in [1.165, 1.54) is 36.4 Å². The van der Waals surface area contributed by atoms with Gasteiger partial charge < -0.3 is 49.8 Å². The first-order valence-corrected chi connectivity index (χ1v) is 14.4. The molecule has 2 rings (SSSR count). The van der Waals surface area contributed by atoms with Gasteiger partial charge in [0.25, 0.3) is 0 Å². The smallest absolute Gasteiger partial charge is 0.360 e. The van der Waals surface area contributed by atoms with E-state index in [0.717, 1.165) is 0 Å². The predicted octanol–water partition coefficient (Wildman–Crippen LogP) is 0.942. The Morgan fingerprint density at radius 1 is 0.533 bits per heavy atom. The summed E-state index contributed by atoms with van der Waals surface area (Å²) in [6.07, 6.45) is 0. The van der Waals surface area contributed by atoms with Crippen LogP contribution in [-0.2, 0) is 18.3 Å². The molecule has 14 nitrogen and oxygen atoms in total. The quantitative estimate of drug-likeness (QED) is 0.224. The van der Waals surface area contributed by atoms with Gasteiger partial charge in [0.05, 0.1) is 0 Å². The van der Waals surface area contributed by atoms with E-state index >= 15 is 0 Å². The van der Waals surface area contributed by atoms with Crippen LogP contribution in [0.1, 0.15) is 0 Å². The molecule has 0 aromatic heterocycles. The molecule has 30 heavy (non-hydrogen) atoms. The average Bonchev–Trinajstić information content (AvgIpc) is 2.53. The van der Waals surface area contributed by atoms with Crippen LogP contribution in [0.25, 0.3) is 10.8 Å². The van der Waals surface area contributed by atoms with Crippen LogP contribution in [0, 0.1) is 0 Å². The highest BCUT2D eigenvalue weighted by Crippen LogP contribution is 2.61. The van der Waals surface area contributed by atoms with E-state index in [1.807, 2.05) is 0 Å². The Kier molecular flexibility index (Phi) is 7.08. The Labute approximate surface area is 168 Å².